The second kappa shape index (κ2) is 9.92. The van der Waals surface area contributed by atoms with E-state index < -0.39 is 32.0 Å². The number of nitrogens with zero attached hydrogens (tertiary/aromatic N) is 4. The van der Waals surface area contributed by atoms with E-state index in [-0.39, 0.29) is 34.1 Å². The summed E-state index contributed by atoms with van der Waals surface area (Å²) in [6.45, 7) is -0.0824. The summed E-state index contributed by atoms with van der Waals surface area (Å²) in [4.78, 5) is 30.7. The predicted molar refractivity (Wildman–Crippen MR) is 136 cm³/mol. The first-order chi connectivity index (χ1) is 17.4. The van der Waals surface area contributed by atoms with Crippen LogP contribution in [0.3, 0.4) is 0 Å². The molecule has 1 aliphatic heterocycles. The number of hydrogen-bond donors (Lipinski definition) is 1. The molecule has 0 spiro atoms. The maximum Gasteiger partial charge on any atom is 0.338 e. The second-order valence-electron chi connectivity index (χ2n) is 8.51. The molecule has 37 heavy (non-hydrogen) atoms. The first kappa shape index (κ1) is 26.3. The average molecular weight is 544 g/mol. The molecule has 4 rings (SSSR count). The van der Waals surface area contributed by atoms with Gasteiger partial charge in [0, 0.05) is 45.6 Å². The molecule has 0 aliphatic carbocycles. The molecule has 0 bridgehead atoms. The van der Waals surface area contributed by atoms with Gasteiger partial charge in [-0.1, -0.05) is 12.1 Å². The van der Waals surface area contributed by atoms with Gasteiger partial charge in [0.25, 0.3) is 15.9 Å². The molecule has 0 atom stereocenters. The number of aromatic nitrogens is 1. The molecule has 194 valence electrons. The van der Waals surface area contributed by atoms with E-state index >= 15 is 0 Å². The van der Waals surface area contributed by atoms with Gasteiger partial charge in [0.05, 0.1) is 17.1 Å². The fourth-order valence-corrected chi connectivity index (χ4v) is 6.24. The standard InChI is InChI=1S/C24H25N5O6S2/c1-27(2)36(32,33)20-7-4-18(5-8-20)16-29-24(31)28(3)21-9-6-19(14-22(21)37(29,34)35)23(30)26-15-17-10-12-25-13-11-17/h4-14H,15-16H2,1-3H3,(H,26,30). The van der Waals surface area contributed by atoms with Gasteiger partial charge < -0.3 is 5.32 Å². The Labute approximate surface area is 215 Å². The van der Waals surface area contributed by atoms with Crippen LogP contribution in [-0.4, -0.2) is 63.5 Å². The number of pyridine rings is 1. The molecule has 3 aromatic rings. The van der Waals surface area contributed by atoms with Crippen LogP contribution in [0.5, 0.6) is 0 Å². The monoisotopic (exact) mass is 543 g/mol. The maximum atomic E-state index is 13.5. The highest BCUT2D eigenvalue weighted by atomic mass is 32.2. The van der Waals surface area contributed by atoms with Crippen molar-refractivity contribution < 1.29 is 26.4 Å². The van der Waals surface area contributed by atoms with Crippen molar-refractivity contribution in [2.45, 2.75) is 22.9 Å². The van der Waals surface area contributed by atoms with E-state index in [1.54, 1.807) is 24.5 Å². The molecule has 3 amide bonds. The fourth-order valence-electron chi connectivity index (χ4n) is 3.71. The van der Waals surface area contributed by atoms with Crippen molar-refractivity contribution in [3.8, 4) is 0 Å². The summed E-state index contributed by atoms with van der Waals surface area (Å²) in [5.41, 5.74) is 1.52. The van der Waals surface area contributed by atoms with Crippen LogP contribution in [0.15, 0.2) is 76.8 Å². The molecule has 2 aromatic carbocycles. The minimum absolute atomic E-state index is 0.0407. The fraction of sp³-hybridized carbons (Fsp3) is 0.208. The third-order valence-corrected chi connectivity index (χ3v) is 9.46. The lowest BCUT2D eigenvalue weighted by Gasteiger charge is -2.34. The largest absolute Gasteiger partial charge is 0.348 e. The number of hydrogen-bond acceptors (Lipinski definition) is 7. The first-order valence-electron chi connectivity index (χ1n) is 11.1. The summed E-state index contributed by atoms with van der Waals surface area (Å²) in [7, 11) is -3.72. The normalized spacial score (nSPS) is 15.0. The van der Waals surface area contributed by atoms with Gasteiger partial charge in [0.2, 0.25) is 10.0 Å². The smallest absolute Gasteiger partial charge is 0.338 e. The molecule has 1 aromatic heterocycles. The highest BCUT2D eigenvalue weighted by Gasteiger charge is 2.40. The Morgan fingerprint density at radius 3 is 2.27 bits per heavy atom. The van der Waals surface area contributed by atoms with Gasteiger partial charge in [-0.05, 0) is 53.6 Å². The van der Waals surface area contributed by atoms with Gasteiger partial charge in [0.15, 0.2) is 0 Å². The molecule has 1 aliphatic rings. The van der Waals surface area contributed by atoms with Crippen LogP contribution in [-0.2, 0) is 33.1 Å². The third kappa shape index (κ3) is 5.05. The topological polar surface area (TPSA) is 137 Å². The number of amides is 3. The number of benzene rings is 2. The molecular weight excluding hydrogens is 518 g/mol. The van der Waals surface area contributed by atoms with Crippen LogP contribution in [0.1, 0.15) is 21.5 Å². The van der Waals surface area contributed by atoms with Crippen LogP contribution in [0, 0.1) is 0 Å². The zero-order valence-corrected chi connectivity index (χ0v) is 22.0. The first-order valence-corrected chi connectivity index (χ1v) is 13.9. The van der Waals surface area contributed by atoms with Crippen LogP contribution in [0.25, 0.3) is 0 Å². The number of nitrogens with one attached hydrogen (secondary N) is 1. The molecule has 0 unspecified atom stereocenters. The van der Waals surface area contributed by atoms with Crippen molar-refractivity contribution >= 4 is 37.7 Å². The number of urea groups is 1. The van der Waals surface area contributed by atoms with Gasteiger partial charge in [-0.25, -0.2) is 30.2 Å². The van der Waals surface area contributed by atoms with Gasteiger partial charge >= 0.3 is 6.03 Å². The van der Waals surface area contributed by atoms with Crippen molar-refractivity contribution in [2.24, 2.45) is 0 Å². The van der Waals surface area contributed by atoms with Crippen molar-refractivity contribution in [1.29, 1.82) is 0 Å². The summed E-state index contributed by atoms with van der Waals surface area (Å²) in [6.07, 6.45) is 3.20. The Bertz CT molecular complexity index is 1560. The van der Waals surface area contributed by atoms with E-state index in [1.807, 2.05) is 0 Å². The summed E-state index contributed by atoms with van der Waals surface area (Å²) < 4.78 is 53.3. The second-order valence-corrected chi connectivity index (χ2v) is 12.5. The van der Waals surface area contributed by atoms with E-state index in [2.05, 4.69) is 10.3 Å². The summed E-state index contributed by atoms with van der Waals surface area (Å²) in [5.74, 6) is -0.474. The van der Waals surface area contributed by atoms with Gasteiger partial charge in [-0.3, -0.25) is 14.7 Å². The SMILES string of the molecule is CN1C(=O)N(Cc2ccc(S(=O)(=O)N(C)C)cc2)S(=O)(=O)c2cc(C(=O)NCc3ccncc3)ccc21. The van der Waals surface area contributed by atoms with Crippen molar-refractivity contribution in [1.82, 2.24) is 18.9 Å². The van der Waals surface area contributed by atoms with Crippen molar-refractivity contribution in [2.75, 3.05) is 26.0 Å². The van der Waals surface area contributed by atoms with E-state index in [1.165, 1.54) is 68.5 Å². The van der Waals surface area contributed by atoms with Crippen LogP contribution < -0.4 is 10.2 Å². The minimum atomic E-state index is -4.31. The predicted octanol–water partition coefficient (Wildman–Crippen LogP) is 2.02. The number of carbonyl (C=O) groups is 2. The number of sulfonamides is 2. The lowest BCUT2D eigenvalue weighted by atomic mass is 10.1. The summed E-state index contributed by atoms with van der Waals surface area (Å²) >= 11 is 0. The lowest BCUT2D eigenvalue weighted by molar-refractivity contribution is 0.0950. The lowest BCUT2D eigenvalue weighted by Crippen LogP contribution is -2.48. The third-order valence-electron chi connectivity index (χ3n) is 5.88. The Morgan fingerprint density at radius 2 is 1.65 bits per heavy atom. The molecule has 0 saturated carbocycles. The molecule has 0 radical (unpaired) electrons. The Hall–Kier alpha value is -3.81. The van der Waals surface area contributed by atoms with Gasteiger partial charge in [-0.15, -0.1) is 0 Å². The quantitative estimate of drug-likeness (QED) is 0.481. The zero-order chi connectivity index (χ0) is 27.0. The highest BCUT2D eigenvalue weighted by molar-refractivity contribution is 7.90. The molecule has 0 saturated heterocycles. The number of fused-ring (bicyclic) bond motifs is 1. The van der Waals surface area contributed by atoms with E-state index in [0.29, 0.717) is 9.87 Å². The van der Waals surface area contributed by atoms with Gasteiger partial charge in [-0.2, -0.15) is 0 Å². The Kier molecular flexibility index (Phi) is 7.04. The molecule has 0 fully saturated rings. The highest BCUT2D eigenvalue weighted by Crippen LogP contribution is 2.35. The number of rotatable bonds is 7. The summed E-state index contributed by atoms with van der Waals surface area (Å²) in [6, 6.07) is 12.5. The van der Waals surface area contributed by atoms with Gasteiger partial charge in [0.1, 0.15) is 4.90 Å². The number of carbonyl (C=O) groups excluding carboxylic acids is 2. The van der Waals surface area contributed by atoms with Crippen LogP contribution in [0.4, 0.5) is 10.5 Å². The molecule has 2 heterocycles. The Morgan fingerprint density at radius 1 is 1.00 bits per heavy atom. The van der Waals surface area contributed by atoms with Crippen molar-refractivity contribution in [3.05, 3.63) is 83.7 Å². The van der Waals surface area contributed by atoms with Crippen LogP contribution >= 0.6 is 0 Å². The molecular formula is C24H25N5O6S2. The molecule has 1 N–H and O–H groups in total. The average Bonchev–Trinajstić information content (AvgIpc) is 2.89. The number of anilines is 1. The molecule has 11 nitrogen and oxygen atoms in total. The Balaban J connectivity index is 1.60. The molecule has 13 heteroatoms. The van der Waals surface area contributed by atoms with E-state index in [9.17, 15) is 26.4 Å². The summed E-state index contributed by atoms with van der Waals surface area (Å²) in [5, 5.41) is 2.74. The van der Waals surface area contributed by atoms with Crippen molar-refractivity contribution in [3.63, 3.8) is 0 Å². The van der Waals surface area contributed by atoms with Crippen LogP contribution in [0.2, 0.25) is 0 Å². The van der Waals surface area contributed by atoms with E-state index in [0.717, 1.165) is 9.87 Å². The maximum absolute atomic E-state index is 13.5. The zero-order valence-electron chi connectivity index (χ0n) is 20.3. The van der Waals surface area contributed by atoms with E-state index in [4.69, 9.17) is 0 Å². The minimum Gasteiger partial charge on any atom is -0.348 e.